The molecule has 104 valence electrons. The van der Waals surface area contributed by atoms with Crippen LogP contribution < -0.4 is 5.32 Å². The van der Waals surface area contributed by atoms with Gasteiger partial charge in [0.15, 0.2) is 16.6 Å². The van der Waals surface area contributed by atoms with Crippen molar-refractivity contribution in [3.8, 4) is 11.5 Å². The lowest BCUT2D eigenvalue weighted by Crippen LogP contribution is -2.11. The Bertz CT molecular complexity index is 643. The van der Waals surface area contributed by atoms with Crippen molar-refractivity contribution in [1.29, 1.82) is 0 Å². The predicted octanol–water partition coefficient (Wildman–Crippen LogP) is 2.69. The molecule has 0 saturated heterocycles. The number of carbonyl (C=O) groups excluding carboxylic acids is 1. The van der Waals surface area contributed by atoms with E-state index in [1.165, 1.54) is 40.8 Å². The van der Waals surface area contributed by atoms with Crippen molar-refractivity contribution in [3.05, 3.63) is 34.3 Å². The number of nitrogens with zero attached hydrogens (tertiary/aromatic N) is 1. The molecule has 0 fully saturated rings. The van der Waals surface area contributed by atoms with Crippen molar-refractivity contribution in [3.63, 3.8) is 0 Å². The number of aromatic hydroxyl groups is 2. The van der Waals surface area contributed by atoms with Crippen LogP contribution in [-0.4, -0.2) is 21.1 Å². The Kier molecular flexibility index (Phi) is 3.31. The molecular formula is C14H14N2O3S. The van der Waals surface area contributed by atoms with Crippen molar-refractivity contribution in [1.82, 2.24) is 4.98 Å². The lowest BCUT2D eigenvalue weighted by Gasteiger charge is -2.06. The minimum atomic E-state index is -0.341. The number of carbonyl (C=O) groups is 1. The highest BCUT2D eigenvalue weighted by molar-refractivity contribution is 7.15. The van der Waals surface area contributed by atoms with Crippen LogP contribution in [0.25, 0.3) is 0 Å². The first kappa shape index (κ1) is 12.9. The third-order valence-corrected chi connectivity index (χ3v) is 4.38. The maximum absolute atomic E-state index is 12.1. The molecule has 3 rings (SSSR count). The van der Waals surface area contributed by atoms with Gasteiger partial charge in [0.05, 0.1) is 5.69 Å². The summed E-state index contributed by atoms with van der Waals surface area (Å²) < 4.78 is 0. The van der Waals surface area contributed by atoms with Gasteiger partial charge in [-0.05, 0) is 43.9 Å². The number of amides is 1. The normalized spacial score (nSPS) is 13.8. The first-order chi connectivity index (χ1) is 9.63. The number of phenolic OH excluding ortho intramolecular Hbond substituents is 2. The van der Waals surface area contributed by atoms with Crippen LogP contribution in [-0.2, 0) is 12.8 Å². The van der Waals surface area contributed by atoms with Gasteiger partial charge in [0.1, 0.15) is 0 Å². The summed E-state index contributed by atoms with van der Waals surface area (Å²) >= 11 is 1.51. The van der Waals surface area contributed by atoms with Crippen molar-refractivity contribution in [2.24, 2.45) is 0 Å². The molecule has 0 spiro atoms. The molecule has 0 aliphatic heterocycles. The van der Waals surface area contributed by atoms with Crippen molar-refractivity contribution in [2.45, 2.75) is 25.7 Å². The van der Waals surface area contributed by atoms with Crippen LogP contribution in [0.3, 0.4) is 0 Å². The Balaban J connectivity index is 1.78. The number of aromatic nitrogens is 1. The molecule has 1 aliphatic rings. The van der Waals surface area contributed by atoms with Gasteiger partial charge in [-0.2, -0.15) is 0 Å². The molecular weight excluding hydrogens is 276 g/mol. The van der Waals surface area contributed by atoms with Crippen molar-refractivity contribution >= 4 is 22.4 Å². The van der Waals surface area contributed by atoms with E-state index in [0.717, 1.165) is 25.0 Å². The van der Waals surface area contributed by atoms with Gasteiger partial charge in [-0.25, -0.2) is 4.98 Å². The molecule has 6 heteroatoms. The number of phenols is 2. The Morgan fingerprint density at radius 1 is 1.20 bits per heavy atom. The third-order valence-electron chi connectivity index (χ3n) is 3.30. The van der Waals surface area contributed by atoms with Crippen LogP contribution in [0.2, 0.25) is 0 Å². The van der Waals surface area contributed by atoms with Gasteiger partial charge in [0.2, 0.25) is 0 Å². The highest BCUT2D eigenvalue weighted by Crippen LogP contribution is 2.30. The van der Waals surface area contributed by atoms with Crippen LogP contribution in [0.5, 0.6) is 11.5 Å². The van der Waals surface area contributed by atoms with Crippen molar-refractivity contribution in [2.75, 3.05) is 5.32 Å². The molecule has 3 N–H and O–H groups in total. The highest BCUT2D eigenvalue weighted by Gasteiger charge is 2.17. The van der Waals surface area contributed by atoms with Crippen LogP contribution in [0, 0.1) is 0 Å². The second-order valence-corrected chi connectivity index (χ2v) is 5.84. The Labute approximate surface area is 119 Å². The molecule has 0 saturated carbocycles. The van der Waals surface area contributed by atoms with E-state index < -0.39 is 0 Å². The summed E-state index contributed by atoms with van der Waals surface area (Å²) in [6.07, 6.45) is 4.33. The van der Waals surface area contributed by atoms with Crippen LogP contribution in [0.1, 0.15) is 33.8 Å². The molecule has 2 aromatic rings. The van der Waals surface area contributed by atoms with Crippen LogP contribution in [0.15, 0.2) is 18.2 Å². The maximum atomic E-state index is 12.1. The molecule has 0 atom stereocenters. The quantitative estimate of drug-likeness (QED) is 0.743. The average Bonchev–Trinajstić information content (AvgIpc) is 2.83. The summed E-state index contributed by atoms with van der Waals surface area (Å²) in [5.41, 5.74) is 1.37. The molecule has 1 aromatic heterocycles. The van der Waals surface area contributed by atoms with E-state index in [4.69, 9.17) is 0 Å². The van der Waals surface area contributed by atoms with Gasteiger partial charge in [-0.3, -0.25) is 10.1 Å². The van der Waals surface area contributed by atoms with Crippen molar-refractivity contribution < 1.29 is 15.0 Å². The first-order valence-electron chi connectivity index (χ1n) is 6.45. The minimum absolute atomic E-state index is 0.244. The second-order valence-electron chi connectivity index (χ2n) is 4.75. The lowest BCUT2D eigenvalue weighted by molar-refractivity contribution is 0.102. The first-order valence-corrected chi connectivity index (χ1v) is 7.27. The van der Waals surface area contributed by atoms with Gasteiger partial charge in [-0.1, -0.05) is 0 Å². The monoisotopic (exact) mass is 290 g/mol. The van der Waals surface area contributed by atoms with Gasteiger partial charge in [0, 0.05) is 10.4 Å². The molecule has 1 heterocycles. The molecule has 1 amide bonds. The van der Waals surface area contributed by atoms with Crippen LogP contribution >= 0.6 is 11.3 Å². The summed E-state index contributed by atoms with van der Waals surface area (Å²) in [4.78, 5) is 17.7. The fourth-order valence-electron chi connectivity index (χ4n) is 2.24. The fraction of sp³-hybridized carbons (Fsp3) is 0.286. The molecule has 0 unspecified atom stereocenters. The number of anilines is 1. The number of rotatable bonds is 2. The Hall–Kier alpha value is -2.08. The van der Waals surface area contributed by atoms with E-state index in [1.54, 1.807) is 0 Å². The number of aryl methyl sites for hydroxylation is 2. The number of hydrogen-bond acceptors (Lipinski definition) is 5. The third kappa shape index (κ3) is 2.46. The number of thiazole rings is 1. The molecule has 0 radical (unpaired) electrons. The smallest absolute Gasteiger partial charge is 0.257 e. The summed E-state index contributed by atoms with van der Waals surface area (Å²) in [6, 6.07) is 3.98. The predicted molar refractivity (Wildman–Crippen MR) is 76.5 cm³/mol. The van der Waals surface area contributed by atoms with E-state index in [0.29, 0.717) is 5.13 Å². The number of nitrogens with one attached hydrogen (secondary N) is 1. The SMILES string of the molecule is O=C(Nc1nc2c(s1)CCCC2)c1ccc(O)c(O)c1. The van der Waals surface area contributed by atoms with Gasteiger partial charge < -0.3 is 10.2 Å². The highest BCUT2D eigenvalue weighted by atomic mass is 32.1. The molecule has 5 nitrogen and oxygen atoms in total. The van der Waals surface area contributed by atoms with Crippen LogP contribution in [0.4, 0.5) is 5.13 Å². The van der Waals surface area contributed by atoms with E-state index in [-0.39, 0.29) is 23.0 Å². The van der Waals surface area contributed by atoms with E-state index >= 15 is 0 Å². The number of fused-ring (bicyclic) bond motifs is 1. The second kappa shape index (κ2) is 5.13. The van der Waals surface area contributed by atoms with E-state index in [2.05, 4.69) is 10.3 Å². The summed E-state index contributed by atoms with van der Waals surface area (Å²) in [6.45, 7) is 0. The zero-order valence-electron chi connectivity index (χ0n) is 10.7. The van der Waals surface area contributed by atoms with Gasteiger partial charge >= 0.3 is 0 Å². The minimum Gasteiger partial charge on any atom is -0.504 e. The molecule has 1 aromatic carbocycles. The summed E-state index contributed by atoms with van der Waals surface area (Å²) in [5, 5.41) is 22.0. The lowest BCUT2D eigenvalue weighted by atomic mass is 10.0. The Morgan fingerprint density at radius 2 is 2.00 bits per heavy atom. The maximum Gasteiger partial charge on any atom is 0.257 e. The molecule has 20 heavy (non-hydrogen) atoms. The Morgan fingerprint density at radius 3 is 2.75 bits per heavy atom. The summed E-state index contributed by atoms with van der Waals surface area (Å²) in [5.74, 6) is -0.895. The topological polar surface area (TPSA) is 82.5 Å². The summed E-state index contributed by atoms with van der Waals surface area (Å²) in [7, 11) is 0. The standard InChI is InChI=1S/C14H14N2O3S/c17-10-6-5-8(7-11(10)18)13(19)16-14-15-9-3-1-2-4-12(9)20-14/h5-7,17-18H,1-4H2,(H,15,16,19). The number of hydrogen-bond donors (Lipinski definition) is 3. The zero-order chi connectivity index (χ0) is 14.1. The number of benzene rings is 1. The average molecular weight is 290 g/mol. The fourth-order valence-corrected chi connectivity index (χ4v) is 3.28. The van der Waals surface area contributed by atoms with Gasteiger partial charge in [-0.15, -0.1) is 11.3 Å². The largest absolute Gasteiger partial charge is 0.504 e. The van der Waals surface area contributed by atoms with E-state index in [1.807, 2.05) is 0 Å². The molecule has 0 bridgehead atoms. The zero-order valence-corrected chi connectivity index (χ0v) is 11.5. The molecule has 1 aliphatic carbocycles. The van der Waals surface area contributed by atoms with Gasteiger partial charge in [0.25, 0.3) is 5.91 Å². The van der Waals surface area contributed by atoms with E-state index in [9.17, 15) is 15.0 Å².